The molecule has 1 amide bonds. The van der Waals surface area contributed by atoms with Crippen LogP contribution in [0, 0.1) is 0 Å². The van der Waals surface area contributed by atoms with Gasteiger partial charge in [0.05, 0.1) is 21.8 Å². The van der Waals surface area contributed by atoms with E-state index in [0.29, 0.717) is 12.5 Å². The fraction of sp³-hybridized carbons (Fsp3) is 0.391. The molecule has 2 aromatic carbocycles. The van der Waals surface area contributed by atoms with Crippen LogP contribution in [0.2, 0.25) is 0 Å². The van der Waals surface area contributed by atoms with Gasteiger partial charge in [0.25, 0.3) is 0 Å². The minimum absolute atomic E-state index is 0.148. The van der Waals surface area contributed by atoms with E-state index in [4.69, 9.17) is 4.98 Å². The number of amides is 1. The SMILES string of the molecule is CC(C)N(C(=O)CN1CCC(c2nc3ccccc3s2)CC1)c1ccccc1. The first-order valence-corrected chi connectivity index (χ1v) is 10.9. The lowest BCUT2D eigenvalue weighted by Crippen LogP contribution is -2.45. The van der Waals surface area contributed by atoms with Gasteiger partial charge in [-0.2, -0.15) is 0 Å². The number of fused-ring (bicyclic) bond motifs is 1. The molecule has 0 unspecified atom stereocenters. The van der Waals surface area contributed by atoms with E-state index in [-0.39, 0.29) is 11.9 Å². The molecule has 1 aliphatic heterocycles. The molecule has 3 aromatic rings. The van der Waals surface area contributed by atoms with Crippen LogP contribution in [0.3, 0.4) is 0 Å². The van der Waals surface area contributed by atoms with Crippen LogP contribution in [-0.2, 0) is 4.79 Å². The molecule has 28 heavy (non-hydrogen) atoms. The maximum Gasteiger partial charge on any atom is 0.241 e. The highest BCUT2D eigenvalue weighted by molar-refractivity contribution is 7.18. The number of nitrogens with zero attached hydrogens (tertiary/aromatic N) is 3. The molecule has 2 heterocycles. The van der Waals surface area contributed by atoms with Crippen LogP contribution in [0.5, 0.6) is 0 Å². The summed E-state index contributed by atoms with van der Waals surface area (Å²) in [7, 11) is 0. The number of rotatable bonds is 5. The lowest BCUT2D eigenvalue weighted by atomic mass is 9.97. The molecule has 0 N–H and O–H groups in total. The third-order valence-electron chi connectivity index (χ3n) is 5.43. The lowest BCUT2D eigenvalue weighted by molar-refractivity contribution is -0.120. The minimum atomic E-state index is 0.148. The molecule has 4 rings (SSSR count). The summed E-state index contributed by atoms with van der Waals surface area (Å²) in [5, 5.41) is 1.25. The summed E-state index contributed by atoms with van der Waals surface area (Å²) in [6.45, 7) is 6.54. The van der Waals surface area contributed by atoms with Gasteiger partial charge in [0.15, 0.2) is 0 Å². The minimum Gasteiger partial charge on any atom is -0.309 e. The van der Waals surface area contributed by atoms with Crippen LogP contribution in [0.25, 0.3) is 10.2 Å². The first-order valence-electron chi connectivity index (χ1n) is 10.1. The molecule has 1 aromatic heterocycles. The molecule has 0 saturated carbocycles. The Morgan fingerprint density at radius 2 is 1.79 bits per heavy atom. The van der Waals surface area contributed by atoms with E-state index in [1.165, 1.54) is 9.71 Å². The standard InChI is InChI=1S/C23H27N3OS/c1-17(2)26(19-8-4-3-5-9-19)22(27)16-25-14-12-18(13-15-25)23-24-20-10-6-7-11-21(20)28-23/h3-11,17-18H,12-16H2,1-2H3. The van der Waals surface area contributed by atoms with E-state index in [1.54, 1.807) is 0 Å². The van der Waals surface area contributed by atoms with Crippen LogP contribution in [0.1, 0.15) is 37.6 Å². The summed E-state index contributed by atoms with van der Waals surface area (Å²) < 4.78 is 1.27. The number of benzene rings is 2. The summed E-state index contributed by atoms with van der Waals surface area (Å²) in [6.07, 6.45) is 2.14. The van der Waals surface area contributed by atoms with Crippen molar-refractivity contribution in [3.05, 3.63) is 59.6 Å². The maximum absolute atomic E-state index is 13.0. The Kier molecular flexibility index (Phi) is 5.74. The number of likely N-dealkylation sites (tertiary alicyclic amines) is 1. The summed E-state index contributed by atoms with van der Waals surface area (Å²) in [4.78, 5) is 22.0. The second-order valence-corrected chi connectivity index (χ2v) is 8.83. The lowest BCUT2D eigenvalue weighted by Gasteiger charge is -2.33. The molecular formula is C23H27N3OS. The molecule has 146 valence electrons. The zero-order valence-corrected chi connectivity index (χ0v) is 17.4. The largest absolute Gasteiger partial charge is 0.309 e. The fourth-order valence-corrected chi connectivity index (χ4v) is 5.13. The summed E-state index contributed by atoms with van der Waals surface area (Å²) >= 11 is 1.82. The Labute approximate surface area is 170 Å². The average Bonchev–Trinajstić information content (AvgIpc) is 3.13. The van der Waals surface area contributed by atoms with Gasteiger partial charge in [0, 0.05) is 17.6 Å². The zero-order chi connectivity index (χ0) is 19.5. The fourth-order valence-electron chi connectivity index (χ4n) is 3.99. The highest BCUT2D eigenvalue weighted by Crippen LogP contribution is 2.33. The summed E-state index contributed by atoms with van der Waals surface area (Å²) in [5.41, 5.74) is 2.09. The van der Waals surface area contributed by atoms with Crippen molar-refractivity contribution in [1.82, 2.24) is 9.88 Å². The molecular weight excluding hydrogens is 366 g/mol. The number of hydrogen-bond acceptors (Lipinski definition) is 4. The van der Waals surface area contributed by atoms with Crippen LogP contribution < -0.4 is 4.90 Å². The smallest absolute Gasteiger partial charge is 0.241 e. The van der Waals surface area contributed by atoms with Gasteiger partial charge in [-0.1, -0.05) is 30.3 Å². The topological polar surface area (TPSA) is 36.4 Å². The summed E-state index contributed by atoms with van der Waals surface area (Å²) in [5.74, 6) is 0.693. The van der Waals surface area contributed by atoms with Gasteiger partial charge < -0.3 is 4.90 Å². The number of para-hydroxylation sites is 2. The molecule has 5 heteroatoms. The van der Waals surface area contributed by atoms with Crippen LogP contribution in [0.4, 0.5) is 5.69 Å². The van der Waals surface area contributed by atoms with Crippen LogP contribution in [-0.4, -0.2) is 41.5 Å². The Balaban J connectivity index is 1.37. The van der Waals surface area contributed by atoms with E-state index >= 15 is 0 Å². The quantitative estimate of drug-likeness (QED) is 0.617. The molecule has 1 fully saturated rings. The maximum atomic E-state index is 13.0. The van der Waals surface area contributed by atoms with Crippen molar-refractivity contribution in [3.8, 4) is 0 Å². The molecule has 4 nitrogen and oxygen atoms in total. The molecule has 0 spiro atoms. The summed E-state index contributed by atoms with van der Waals surface area (Å²) in [6, 6.07) is 18.5. The first-order chi connectivity index (χ1) is 13.6. The van der Waals surface area contributed by atoms with Gasteiger partial charge in [0.1, 0.15) is 0 Å². The normalized spacial score (nSPS) is 16.0. The molecule has 1 saturated heterocycles. The van der Waals surface area contributed by atoms with Crippen molar-refractivity contribution in [2.75, 3.05) is 24.5 Å². The predicted octanol–water partition coefficient (Wildman–Crippen LogP) is 4.92. The van der Waals surface area contributed by atoms with Crippen molar-refractivity contribution in [2.24, 2.45) is 0 Å². The highest BCUT2D eigenvalue weighted by atomic mass is 32.1. The van der Waals surface area contributed by atoms with E-state index in [1.807, 2.05) is 52.6 Å². The second kappa shape index (κ2) is 8.41. The average molecular weight is 394 g/mol. The zero-order valence-electron chi connectivity index (χ0n) is 16.5. The Hall–Kier alpha value is -2.24. The Bertz CT molecular complexity index is 896. The predicted molar refractivity (Wildman–Crippen MR) is 117 cm³/mol. The number of hydrogen-bond donors (Lipinski definition) is 0. The molecule has 1 aliphatic rings. The van der Waals surface area contributed by atoms with Crippen molar-refractivity contribution in [3.63, 3.8) is 0 Å². The monoisotopic (exact) mass is 393 g/mol. The molecule has 0 bridgehead atoms. The first kappa shape index (κ1) is 19.1. The number of piperidine rings is 1. The van der Waals surface area contributed by atoms with Crippen molar-refractivity contribution >= 4 is 33.1 Å². The van der Waals surface area contributed by atoms with E-state index in [0.717, 1.165) is 37.1 Å². The van der Waals surface area contributed by atoms with Crippen molar-refractivity contribution in [2.45, 2.75) is 38.6 Å². The van der Waals surface area contributed by atoms with Gasteiger partial charge in [-0.05, 0) is 64.0 Å². The van der Waals surface area contributed by atoms with Gasteiger partial charge in [-0.3, -0.25) is 9.69 Å². The van der Waals surface area contributed by atoms with Gasteiger partial charge >= 0.3 is 0 Å². The van der Waals surface area contributed by atoms with Crippen LogP contribution in [0.15, 0.2) is 54.6 Å². The third-order valence-corrected chi connectivity index (χ3v) is 6.62. The van der Waals surface area contributed by atoms with Gasteiger partial charge in [-0.15, -0.1) is 11.3 Å². The molecule has 0 aliphatic carbocycles. The van der Waals surface area contributed by atoms with Crippen LogP contribution >= 0.6 is 11.3 Å². The second-order valence-electron chi connectivity index (χ2n) is 7.76. The molecule has 0 atom stereocenters. The third kappa shape index (κ3) is 4.10. The Morgan fingerprint density at radius 1 is 1.11 bits per heavy atom. The number of thiazole rings is 1. The van der Waals surface area contributed by atoms with Gasteiger partial charge in [-0.25, -0.2) is 4.98 Å². The van der Waals surface area contributed by atoms with E-state index in [9.17, 15) is 4.79 Å². The van der Waals surface area contributed by atoms with Crippen molar-refractivity contribution in [1.29, 1.82) is 0 Å². The molecule has 0 radical (unpaired) electrons. The number of carbonyl (C=O) groups is 1. The number of aromatic nitrogens is 1. The highest BCUT2D eigenvalue weighted by Gasteiger charge is 2.27. The number of anilines is 1. The number of carbonyl (C=O) groups excluding carboxylic acids is 1. The Morgan fingerprint density at radius 3 is 2.46 bits per heavy atom. The van der Waals surface area contributed by atoms with E-state index < -0.39 is 0 Å². The van der Waals surface area contributed by atoms with Gasteiger partial charge in [0.2, 0.25) is 5.91 Å². The van der Waals surface area contributed by atoms with E-state index in [2.05, 4.69) is 36.9 Å². The van der Waals surface area contributed by atoms with Crippen molar-refractivity contribution < 1.29 is 4.79 Å².